The number of carbonyl (C=O) groups is 1. The van der Waals surface area contributed by atoms with Gasteiger partial charge >= 0.3 is 0 Å². The van der Waals surface area contributed by atoms with Gasteiger partial charge in [-0.05, 0) is 19.1 Å². The molecule has 0 saturated carbocycles. The lowest BCUT2D eigenvalue weighted by atomic mass is 10.2. The lowest BCUT2D eigenvalue weighted by Crippen LogP contribution is -2.49. The fourth-order valence-electron chi connectivity index (χ4n) is 3.36. The van der Waals surface area contributed by atoms with Crippen molar-refractivity contribution < 1.29 is 13.7 Å². The number of rotatable bonds is 4. The molecule has 0 aliphatic carbocycles. The average molecular weight is 368 g/mol. The van der Waals surface area contributed by atoms with E-state index in [0.29, 0.717) is 24.7 Å². The van der Waals surface area contributed by atoms with Gasteiger partial charge in [-0.2, -0.15) is 4.98 Å². The summed E-state index contributed by atoms with van der Waals surface area (Å²) in [6.45, 7) is 8.95. The molecule has 142 valence electrons. The van der Waals surface area contributed by atoms with Gasteiger partial charge < -0.3 is 13.8 Å². The first-order chi connectivity index (χ1) is 13.0. The van der Waals surface area contributed by atoms with Crippen molar-refractivity contribution in [2.24, 2.45) is 0 Å². The Morgan fingerprint density at radius 2 is 1.85 bits per heavy atom. The van der Waals surface area contributed by atoms with Gasteiger partial charge in [-0.3, -0.25) is 9.69 Å². The second kappa shape index (κ2) is 7.15. The summed E-state index contributed by atoms with van der Waals surface area (Å²) < 4.78 is 11.1. The molecule has 1 aliphatic rings. The van der Waals surface area contributed by atoms with Crippen LogP contribution in [0.25, 0.3) is 11.0 Å². The van der Waals surface area contributed by atoms with Crippen LogP contribution < -0.4 is 0 Å². The van der Waals surface area contributed by atoms with Crippen molar-refractivity contribution in [3.63, 3.8) is 0 Å². The van der Waals surface area contributed by atoms with Crippen LogP contribution >= 0.6 is 0 Å². The van der Waals surface area contributed by atoms with Gasteiger partial charge in [-0.15, -0.1) is 0 Å². The third-order valence-electron chi connectivity index (χ3n) is 5.12. The molecule has 1 amide bonds. The number of furan rings is 1. The average Bonchev–Trinajstić information content (AvgIpc) is 3.34. The molecule has 3 aromatic rings. The predicted octanol–water partition coefficient (Wildman–Crippen LogP) is 3.46. The number of carbonyl (C=O) groups excluding carboxylic acids is 1. The highest BCUT2D eigenvalue weighted by molar-refractivity contribution is 5.96. The van der Waals surface area contributed by atoms with Gasteiger partial charge in [0, 0.05) is 37.5 Å². The van der Waals surface area contributed by atoms with E-state index in [4.69, 9.17) is 8.94 Å². The number of aromatic nitrogens is 2. The highest BCUT2D eigenvalue weighted by atomic mass is 16.5. The van der Waals surface area contributed by atoms with Gasteiger partial charge in [0.1, 0.15) is 5.58 Å². The monoisotopic (exact) mass is 368 g/mol. The largest absolute Gasteiger partial charge is 0.451 e. The molecule has 1 fully saturated rings. The summed E-state index contributed by atoms with van der Waals surface area (Å²) in [7, 11) is 0. The Hall–Kier alpha value is -2.67. The molecular formula is C20H24N4O3. The van der Waals surface area contributed by atoms with Crippen molar-refractivity contribution in [2.75, 3.05) is 26.2 Å². The highest BCUT2D eigenvalue weighted by Gasteiger charge is 2.29. The Morgan fingerprint density at radius 3 is 2.52 bits per heavy atom. The summed E-state index contributed by atoms with van der Waals surface area (Å²) in [6.07, 6.45) is 0. The summed E-state index contributed by atoms with van der Waals surface area (Å²) in [5.41, 5.74) is 0.741. The second-order valence-corrected chi connectivity index (χ2v) is 7.30. The number of hydrogen-bond donors (Lipinski definition) is 0. The van der Waals surface area contributed by atoms with Gasteiger partial charge in [-0.1, -0.05) is 37.2 Å². The number of amides is 1. The minimum absolute atomic E-state index is 0.0356. The van der Waals surface area contributed by atoms with Crippen LogP contribution in [0.15, 0.2) is 39.3 Å². The maximum atomic E-state index is 12.8. The van der Waals surface area contributed by atoms with Gasteiger partial charge in [0.15, 0.2) is 11.6 Å². The minimum atomic E-state index is -0.0570. The summed E-state index contributed by atoms with van der Waals surface area (Å²) in [5.74, 6) is 1.95. The maximum absolute atomic E-state index is 12.8. The fraction of sp³-hybridized carbons (Fsp3) is 0.450. The number of benzene rings is 1. The topological polar surface area (TPSA) is 75.6 Å². The molecule has 0 unspecified atom stereocenters. The Bertz CT molecular complexity index is 905. The number of fused-ring (bicyclic) bond motifs is 1. The predicted molar refractivity (Wildman–Crippen MR) is 100 cm³/mol. The van der Waals surface area contributed by atoms with Crippen molar-refractivity contribution in [1.29, 1.82) is 0 Å². The van der Waals surface area contributed by atoms with E-state index >= 15 is 0 Å². The van der Waals surface area contributed by atoms with Gasteiger partial charge in [0.2, 0.25) is 5.89 Å². The lowest BCUT2D eigenvalue weighted by Gasteiger charge is -2.36. The van der Waals surface area contributed by atoms with Crippen LogP contribution in [0, 0.1) is 0 Å². The lowest BCUT2D eigenvalue weighted by molar-refractivity contribution is 0.0526. The summed E-state index contributed by atoms with van der Waals surface area (Å²) >= 11 is 0. The normalized spacial score (nSPS) is 17.0. The number of piperazine rings is 1. The molecule has 27 heavy (non-hydrogen) atoms. The van der Waals surface area contributed by atoms with Crippen LogP contribution in [0.4, 0.5) is 0 Å². The van der Waals surface area contributed by atoms with Crippen LogP contribution in [0.3, 0.4) is 0 Å². The van der Waals surface area contributed by atoms with Crippen molar-refractivity contribution in [3.8, 4) is 0 Å². The first-order valence-electron chi connectivity index (χ1n) is 9.38. The summed E-state index contributed by atoms with van der Waals surface area (Å²) in [4.78, 5) is 21.4. The first kappa shape index (κ1) is 17.7. The summed E-state index contributed by atoms with van der Waals surface area (Å²) in [5, 5.41) is 4.99. The molecule has 1 atom stereocenters. The zero-order chi connectivity index (χ0) is 19.0. The first-order valence-corrected chi connectivity index (χ1v) is 9.38. The van der Waals surface area contributed by atoms with Gasteiger partial charge in [0.05, 0.1) is 6.04 Å². The van der Waals surface area contributed by atoms with E-state index in [9.17, 15) is 4.79 Å². The Morgan fingerprint density at radius 1 is 1.11 bits per heavy atom. The Labute approximate surface area is 157 Å². The third-order valence-corrected chi connectivity index (χ3v) is 5.12. The van der Waals surface area contributed by atoms with Crippen molar-refractivity contribution in [1.82, 2.24) is 19.9 Å². The fourth-order valence-corrected chi connectivity index (χ4v) is 3.36. The number of nitrogens with zero attached hydrogens (tertiary/aromatic N) is 4. The smallest absolute Gasteiger partial charge is 0.289 e. The molecule has 3 heterocycles. The van der Waals surface area contributed by atoms with Crippen LogP contribution in [0.2, 0.25) is 0 Å². The van der Waals surface area contributed by atoms with Crippen molar-refractivity contribution in [2.45, 2.75) is 32.7 Å². The van der Waals surface area contributed by atoms with Crippen molar-refractivity contribution in [3.05, 3.63) is 47.8 Å². The van der Waals surface area contributed by atoms with Crippen LogP contribution in [-0.2, 0) is 0 Å². The van der Waals surface area contributed by atoms with Crippen LogP contribution in [0.1, 0.15) is 55.0 Å². The number of hydrogen-bond acceptors (Lipinski definition) is 6. The van der Waals surface area contributed by atoms with E-state index < -0.39 is 0 Å². The summed E-state index contributed by atoms with van der Waals surface area (Å²) in [6, 6.07) is 9.52. The molecular weight excluding hydrogens is 344 g/mol. The Kier molecular flexibility index (Phi) is 4.70. The van der Waals surface area contributed by atoms with E-state index in [0.717, 1.165) is 29.9 Å². The maximum Gasteiger partial charge on any atom is 0.289 e. The molecule has 1 aliphatic heterocycles. The molecule has 4 rings (SSSR count). The standard InChI is InChI=1S/C20H24N4O3/c1-13(2)18-21-19(27-22-18)14(3)23-8-10-24(11-9-23)20(25)17-12-15-6-4-5-7-16(15)26-17/h4-7,12-14H,8-11H2,1-3H3/t14-/m0/s1. The molecule has 2 aromatic heterocycles. The molecule has 7 heteroatoms. The van der Waals surface area contributed by atoms with E-state index in [1.165, 1.54) is 0 Å². The second-order valence-electron chi connectivity index (χ2n) is 7.30. The molecule has 1 saturated heterocycles. The molecule has 0 bridgehead atoms. The zero-order valence-electron chi connectivity index (χ0n) is 15.9. The van der Waals surface area contributed by atoms with E-state index in [1.807, 2.05) is 49.1 Å². The van der Waals surface area contributed by atoms with Gasteiger partial charge in [-0.25, -0.2) is 0 Å². The molecule has 0 radical (unpaired) electrons. The van der Waals surface area contributed by atoms with E-state index in [1.54, 1.807) is 0 Å². The zero-order valence-corrected chi connectivity index (χ0v) is 15.9. The molecule has 0 N–H and O–H groups in total. The molecule has 0 spiro atoms. The Balaban J connectivity index is 1.39. The van der Waals surface area contributed by atoms with Crippen LogP contribution in [-0.4, -0.2) is 52.0 Å². The van der Waals surface area contributed by atoms with E-state index in [-0.39, 0.29) is 17.9 Å². The quantitative estimate of drug-likeness (QED) is 0.702. The van der Waals surface area contributed by atoms with Crippen molar-refractivity contribution >= 4 is 16.9 Å². The van der Waals surface area contributed by atoms with Gasteiger partial charge in [0.25, 0.3) is 5.91 Å². The van der Waals surface area contributed by atoms with Crippen LogP contribution in [0.5, 0.6) is 0 Å². The molecule has 7 nitrogen and oxygen atoms in total. The minimum Gasteiger partial charge on any atom is -0.451 e. The SMILES string of the molecule is CC(C)c1noc([C@H](C)N2CCN(C(=O)c3cc4ccccc4o3)CC2)n1. The molecule has 1 aromatic carbocycles. The third kappa shape index (κ3) is 3.47. The number of para-hydroxylation sites is 1. The van der Waals surface area contributed by atoms with E-state index in [2.05, 4.69) is 22.0 Å². The highest BCUT2D eigenvalue weighted by Crippen LogP contribution is 2.24.